The van der Waals surface area contributed by atoms with E-state index in [9.17, 15) is 0 Å². The first-order chi connectivity index (χ1) is 11.3. The van der Waals surface area contributed by atoms with E-state index in [1.807, 2.05) is 12.1 Å². The number of hydrogen-bond donors (Lipinski definition) is 0. The Kier molecular flexibility index (Phi) is 3.61. The van der Waals surface area contributed by atoms with E-state index in [0.717, 1.165) is 10.6 Å². The highest BCUT2D eigenvalue weighted by Crippen LogP contribution is 2.35. The normalized spacial score (nSPS) is 12.3. The number of rotatable bonds is 1. The van der Waals surface area contributed by atoms with Crippen LogP contribution in [0.3, 0.4) is 0 Å². The lowest BCUT2D eigenvalue weighted by molar-refractivity contribution is 1.53. The fraction of sp³-hybridized carbons (Fsp3) is 0. The SMILES string of the molecule is Clc1ccc(C=C2c3ccccc3C=Cc3ccccc32)cc1. The van der Waals surface area contributed by atoms with Crippen molar-refractivity contribution >= 4 is 35.4 Å². The third kappa shape index (κ3) is 2.74. The predicted molar refractivity (Wildman–Crippen MR) is 100 cm³/mol. The van der Waals surface area contributed by atoms with Crippen molar-refractivity contribution in [3.63, 3.8) is 0 Å². The van der Waals surface area contributed by atoms with E-state index in [0.29, 0.717) is 0 Å². The number of hydrogen-bond acceptors (Lipinski definition) is 0. The van der Waals surface area contributed by atoms with Crippen molar-refractivity contribution in [2.45, 2.75) is 0 Å². The Morgan fingerprint density at radius 3 is 1.70 bits per heavy atom. The minimum absolute atomic E-state index is 0.760. The van der Waals surface area contributed by atoms with Crippen LogP contribution >= 0.6 is 11.6 Å². The second-order valence-electron chi connectivity index (χ2n) is 5.62. The van der Waals surface area contributed by atoms with Gasteiger partial charge in [-0.1, -0.05) is 84.4 Å². The zero-order valence-corrected chi connectivity index (χ0v) is 13.3. The van der Waals surface area contributed by atoms with Gasteiger partial charge in [-0.15, -0.1) is 0 Å². The minimum Gasteiger partial charge on any atom is -0.0843 e. The largest absolute Gasteiger partial charge is 0.0843 e. The van der Waals surface area contributed by atoms with Crippen LogP contribution in [-0.4, -0.2) is 0 Å². The van der Waals surface area contributed by atoms with Crippen molar-refractivity contribution < 1.29 is 0 Å². The van der Waals surface area contributed by atoms with Crippen LogP contribution in [0.15, 0.2) is 72.8 Å². The van der Waals surface area contributed by atoms with Gasteiger partial charge in [-0.3, -0.25) is 0 Å². The van der Waals surface area contributed by atoms with Gasteiger partial charge < -0.3 is 0 Å². The molecule has 1 heteroatoms. The van der Waals surface area contributed by atoms with E-state index >= 15 is 0 Å². The van der Waals surface area contributed by atoms with E-state index < -0.39 is 0 Å². The summed E-state index contributed by atoms with van der Waals surface area (Å²) in [5.74, 6) is 0. The molecule has 0 aliphatic heterocycles. The molecule has 0 spiro atoms. The van der Waals surface area contributed by atoms with Crippen LogP contribution in [0.25, 0.3) is 23.8 Å². The molecule has 0 heterocycles. The minimum atomic E-state index is 0.760. The molecule has 1 aliphatic rings. The highest BCUT2D eigenvalue weighted by Gasteiger charge is 2.14. The van der Waals surface area contributed by atoms with Crippen molar-refractivity contribution in [1.82, 2.24) is 0 Å². The summed E-state index contributed by atoms with van der Waals surface area (Å²) in [6, 6.07) is 25.0. The Hall–Kier alpha value is -2.57. The quantitative estimate of drug-likeness (QED) is 0.380. The third-order valence-corrected chi connectivity index (χ3v) is 4.38. The average Bonchev–Trinajstić information content (AvgIpc) is 2.75. The molecule has 0 nitrogen and oxygen atoms in total. The number of benzene rings is 3. The topological polar surface area (TPSA) is 0 Å². The summed E-state index contributed by atoms with van der Waals surface area (Å²) < 4.78 is 0. The van der Waals surface area contributed by atoms with Crippen LogP contribution in [0, 0.1) is 0 Å². The molecule has 23 heavy (non-hydrogen) atoms. The van der Waals surface area contributed by atoms with Gasteiger partial charge in [0.15, 0.2) is 0 Å². The van der Waals surface area contributed by atoms with Crippen LogP contribution in [0.1, 0.15) is 27.8 Å². The molecule has 0 N–H and O–H groups in total. The van der Waals surface area contributed by atoms with Gasteiger partial charge in [0.05, 0.1) is 0 Å². The third-order valence-electron chi connectivity index (χ3n) is 4.13. The monoisotopic (exact) mass is 314 g/mol. The second-order valence-corrected chi connectivity index (χ2v) is 6.05. The molecule has 0 fully saturated rings. The average molecular weight is 315 g/mol. The molecule has 0 atom stereocenters. The molecular formula is C22H15Cl. The van der Waals surface area contributed by atoms with E-state index in [2.05, 4.69) is 78.9 Å². The Labute approximate surface area is 141 Å². The molecule has 4 rings (SSSR count). The maximum atomic E-state index is 6.01. The summed E-state index contributed by atoms with van der Waals surface area (Å²) in [7, 11) is 0. The molecule has 110 valence electrons. The van der Waals surface area contributed by atoms with Gasteiger partial charge in [0.1, 0.15) is 0 Å². The maximum Gasteiger partial charge on any atom is 0.0406 e. The van der Waals surface area contributed by atoms with Crippen LogP contribution in [-0.2, 0) is 0 Å². The van der Waals surface area contributed by atoms with E-state index in [1.54, 1.807) is 0 Å². The Morgan fingerprint density at radius 2 is 1.13 bits per heavy atom. The molecule has 0 unspecified atom stereocenters. The first kappa shape index (κ1) is 14.0. The highest BCUT2D eigenvalue weighted by atomic mass is 35.5. The first-order valence-electron chi connectivity index (χ1n) is 7.65. The molecule has 0 bridgehead atoms. The van der Waals surface area contributed by atoms with Gasteiger partial charge in [0.2, 0.25) is 0 Å². The van der Waals surface area contributed by atoms with Gasteiger partial charge >= 0.3 is 0 Å². The summed E-state index contributed by atoms with van der Waals surface area (Å²) >= 11 is 6.01. The summed E-state index contributed by atoms with van der Waals surface area (Å²) in [6.07, 6.45) is 6.62. The van der Waals surface area contributed by atoms with Crippen molar-refractivity contribution in [1.29, 1.82) is 0 Å². The molecule has 0 amide bonds. The molecular weight excluding hydrogens is 300 g/mol. The molecule has 0 radical (unpaired) electrons. The highest BCUT2D eigenvalue weighted by molar-refractivity contribution is 6.30. The molecule has 3 aromatic carbocycles. The van der Waals surface area contributed by atoms with Crippen LogP contribution in [0.4, 0.5) is 0 Å². The molecule has 0 saturated carbocycles. The van der Waals surface area contributed by atoms with E-state index in [4.69, 9.17) is 11.6 Å². The molecule has 1 aliphatic carbocycles. The maximum absolute atomic E-state index is 6.01. The van der Waals surface area contributed by atoms with Gasteiger partial charge in [-0.25, -0.2) is 0 Å². The van der Waals surface area contributed by atoms with Crippen molar-refractivity contribution in [2.24, 2.45) is 0 Å². The van der Waals surface area contributed by atoms with Gasteiger partial charge in [0, 0.05) is 5.02 Å². The number of halogens is 1. The van der Waals surface area contributed by atoms with Crippen LogP contribution in [0.2, 0.25) is 5.02 Å². The Balaban J connectivity index is 1.97. The summed E-state index contributed by atoms with van der Waals surface area (Å²) in [6.45, 7) is 0. The van der Waals surface area contributed by atoms with Crippen molar-refractivity contribution in [3.05, 3.63) is 106 Å². The van der Waals surface area contributed by atoms with Crippen molar-refractivity contribution in [3.8, 4) is 0 Å². The lowest BCUT2D eigenvalue weighted by Crippen LogP contribution is -1.92. The zero-order valence-electron chi connectivity index (χ0n) is 12.5. The summed E-state index contributed by atoms with van der Waals surface area (Å²) in [4.78, 5) is 0. The fourth-order valence-electron chi connectivity index (χ4n) is 2.98. The first-order valence-corrected chi connectivity index (χ1v) is 8.03. The molecule has 0 aromatic heterocycles. The predicted octanol–water partition coefficient (Wildman–Crippen LogP) is 6.41. The number of fused-ring (bicyclic) bond motifs is 2. The van der Waals surface area contributed by atoms with Gasteiger partial charge in [0.25, 0.3) is 0 Å². The van der Waals surface area contributed by atoms with Crippen LogP contribution < -0.4 is 0 Å². The standard InChI is InChI=1S/C22H15Cl/c23-19-13-9-16(10-14-19)15-22-20-7-3-1-5-17(20)11-12-18-6-2-4-8-21(18)22/h1-15H. The van der Waals surface area contributed by atoms with E-state index in [1.165, 1.54) is 27.8 Å². The molecule has 0 saturated heterocycles. The van der Waals surface area contributed by atoms with Gasteiger partial charge in [-0.2, -0.15) is 0 Å². The van der Waals surface area contributed by atoms with Crippen LogP contribution in [0.5, 0.6) is 0 Å². The Morgan fingerprint density at radius 1 is 0.609 bits per heavy atom. The lowest BCUT2D eigenvalue weighted by atomic mass is 9.92. The fourth-order valence-corrected chi connectivity index (χ4v) is 3.11. The second kappa shape index (κ2) is 5.91. The lowest BCUT2D eigenvalue weighted by Gasteiger charge is -2.12. The summed E-state index contributed by atoms with van der Waals surface area (Å²) in [5.41, 5.74) is 7.37. The zero-order chi connectivity index (χ0) is 15.6. The van der Waals surface area contributed by atoms with Crippen molar-refractivity contribution in [2.75, 3.05) is 0 Å². The smallest absolute Gasteiger partial charge is 0.0406 e. The van der Waals surface area contributed by atoms with Gasteiger partial charge in [-0.05, 0) is 51.6 Å². The summed E-state index contributed by atoms with van der Waals surface area (Å²) in [5, 5.41) is 0.760. The molecule has 3 aromatic rings. The van der Waals surface area contributed by atoms with E-state index in [-0.39, 0.29) is 0 Å². The Bertz CT molecular complexity index is 863.